The molecule has 1 atom stereocenters. The highest BCUT2D eigenvalue weighted by atomic mass is 16.2. The number of amides is 1. The third-order valence-corrected chi connectivity index (χ3v) is 2.52. The largest absolute Gasteiger partial charge is 0.355 e. The molecule has 1 N–H and O–H groups in total. The van der Waals surface area contributed by atoms with Gasteiger partial charge < -0.3 is 5.32 Å². The van der Waals surface area contributed by atoms with E-state index in [4.69, 9.17) is 0 Å². The summed E-state index contributed by atoms with van der Waals surface area (Å²) in [6.45, 7) is 10.5. The third-order valence-electron chi connectivity index (χ3n) is 2.52. The second-order valence-corrected chi connectivity index (χ2v) is 3.83. The van der Waals surface area contributed by atoms with Gasteiger partial charge in [-0.25, -0.2) is 0 Å². The van der Waals surface area contributed by atoms with Crippen LogP contribution in [-0.2, 0) is 4.79 Å². The minimum atomic E-state index is -0.258. The number of hydrogen-bond acceptors (Lipinski definition) is 1. The molecule has 1 rings (SSSR count). The first kappa shape index (κ1) is 8.31. The molecule has 1 saturated heterocycles. The van der Waals surface area contributed by atoms with Gasteiger partial charge in [0.1, 0.15) is 0 Å². The van der Waals surface area contributed by atoms with E-state index >= 15 is 0 Å². The molecule has 0 aromatic carbocycles. The topological polar surface area (TPSA) is 29.1 Å². The van der Waals surface area contributed by atoms with E-state index in [0.29, 0.717) is 5.92 Å². The van der Waals surface area contributed by atoms with E-state index in [0.717, 1.165) is 12.1 Å². The second-order valence-electron chi connectivity index (χ2n) is 3.83. The molecule has 1 aliphatic rings. The van der Waals surface area contributed by atoms with Crippen LogP contribution in [-0.4, -0.2) is 12.5 Å². The molecule has 0 aromatic rings. The molecule has 62 valence electrons. The highest BCUT2D eigenvalue weighted by Gasteiger charge is 2.42. The maximum absolute atomic E-state index is 11.3. The van der Waals surface area contributed by atoms with Gasteiger partial charge in [0.15, 0.2) is 0 Å². The SMILES string of the molecule is C=C(C)C1CNC(=O)C1(C)C. The van der Waals surface area contributed by atoms with Crippen LogP contribution in [0.5, 0.6) is 0 Å². The van der Waals surface area contributed by atoms with Gasteiger partial charge in [-0.15, -0.1) is 0 Å². The zero-order valence-electron chi connectivity index (χ0n) is 7.40. The number of rotatable bonds is 1. The van der Waals surface area contributed by atoms with Crippen LogP contribution in [0.4, 0.5) is 0 Å². The predicted molar refractivity (Wildman–Crippen MR) is 45.1 cm³/mol. The smallest absolute Gasteiger partial charge is 0.226 e. The Labute approximate surface area is 67.7 Å². The van der Waals surface area contributed by atoms with E-state index in [1.54, 1.807) is 0 Å². The van der Waals surface area contributed by atoms with Gasteiger partial charge in [-0.1, -0.05) is 26.0 Å². The Morgan fingerprint density at radius 1 is 1.73 bits per heavy atom. The zero-order valence-corrected chi connectivity index (χ0v) is 7.40. The molecule has 0 radical (unpaired) electrons. The minimum Gasteiger partial charge on any atom is -0.355 e. The van der Waals surface area contributed by atoms with Crippen LogP contribution in [0.3, 0.4) is 0 Å². The summed E-state index contributed by atoms with van der Waals surface area (Å²) in [5, 5.41) is 2.84. The van der Waals surface area contributed by atoms with Crippen molar-refractivity contribution < 1.29 is 4.79 Å². The Balaban J connectivity index is 2.87. The monoisotopic (exact) mass is 153 g/mol. The Morgan fingerprint density at radius 3 is 2.45 bits per heavy atom. The van der Waals surface area contributed by atoms with Crippen LogP contribution >= 0.6 is 0 Å². The molecule has 0 aliphatic carbocycles. The summed E-state index contributed by atoms with van der Waals surface area (Å²) in [4.78, 5) is 11.3. The van der Waals surface area contributed by atoms with Crippen molar-refractivity contribution in [2.75, 3.05) is 6.54 Å². The summed E-state index contributed by atoms with van der Waals surface area (Å²) in [5.74, 6) is 0.445. The predicted octanol–water partition coefficient (Wildman–Crippen LogP) is 1.33. The van der Waals surface area contributed by atoms with E-state index in [1.807, 2.05) is 20.8 Å². The average molecular weight is 153 g/mol. The molecule has 11 heavy (non-hydrogen) atoms. The lowest BCUT2D eigenvalue weighted by Gasteiger charge is -2.23. The number of hydrogen-bond donors (Lipinski definition) is 1. The van der Waals surface area contributed by atoms with Crippen LogP contribution in [0.15, 0.2) is 12.2 Å². The summed E-state index contributed by atoms with van der Waals surface area (Å²) in [7, 11) is 0. The lowest BCUT2D eigenvalue weighted by Crippen LogP contribution is -2.28. The molecule has 1 fully saturated rings. The fourth-order valence-corrected chi connectivity index (χ4v) is 1.63. The first-order chi connectivity index (χ1) is 4.96. The fraction of sp³-hybridized carbons (Fsp3) is 0.667. The van der Waals surface area contributed by atoms with Crippen molar-refractivity contribution in [1.82, 2.24) is 5.32 Å². The van der Waals surface area contributed by atoms with Crippen LogP contribution < -0.4 is 5.32 Å². The second kappa shape index (κ2) is 2.36. The zero-order chi connectivity index (χ0) is 8.65. The Hall–Kier alpha value is -0.790. The maximum Gasteiger partial charge on any atom is 0.226 e. The lowest BCUT2D eigenvalue weighted by atomic mass is 9.78. The van der Waals surface area contributed by atoms with Crippen molar-refractivity contribution in [2.24, 2.45) is 11.3 Å². The van der Waals surface area contributed by atoms with Gasteiger partial charge in [-0.2, -0.15) is 0 Å². The van der Waals surface area contributed by atoms with Gasteiger partial charge in [0, 0.05) is 12.5 Å². The molecule has 2 heteroatoms. The summed E-state index contributed by atoms with van der Waals surface area (Å²) < 4.78 is 0. The van der Waals surface area contributed by atoms with E-state index in [1.165, 1.54) is 0 Å². The van der Waals surface area contributed by atoms with E-state index in [2.05, 4.69) is 11.9 Å². The van der Waals surface area contributed by atoms with Crippen molar-refractivity contribution >= 4 is 5.91 Å². The molecule has 1 aliphatic heterocycles. The maximum atomic E-state index is 11.3. The molecular formula is C9H15NO. The number of nitrogens with one attached hydrogen (secondary N) is 1. The molecule has 1 heterocycles. The molecule has 2 nitrogen and oxygen atoms in total. The first-order valence-electron chi connectivity index (χ1n) is 3.90. The van der Waals surface area contributed by atoms with Gasteiger partial charge in [0.05, 0.1) is 5.41 Å². The van der Waals surface area contributed by atoms with Gasteiger partial charge in [0.25, 0.3) is 0 Å². The van der Waals surface area contributed by atoms with Gasteiger partial charge in [-0.05, 0) is 6.92 Å². The van der Waals surface area contributed by atoms with Crippen molar-refractivity contribution in [1.29, 1.82) is 0 Å². The van der Waals surface area contributed by atoms with Gasteiger partial charge in [-0.3, -0.25) is 4.79 Å². The molecule has 0 bridgehead atoms. The number of carbonyl (C=O) groups is 1. The molecular weight excluding hydrogens is 138 g/mol. The van der Waals surface area contributed by atoms with Crippen molar-refractivity contribution in [3.63, 3.8) is 0 Å². The fourth-order valence-electron chi connectivity index (χ4n) is 1.63. The van der Waals surface area contributed by atoms with Gasteiger partial charge in [0.2, 0.25) is 5.91 Å². The summed E-state index contributed by atoms with van der Waals surface area (Å²) >= 11 is 0. The van der Waals surface area contributed by atoms with Crippen LogP contribution in [0.2, 0.25) is 0 Å². The molecule has 0 aromatic heterocycles. The summed E-state index contributed by atoms with van der Waals surface area (Å²) in [5.41, 5.74) is 0.833. The van der Waals surface area contributed by atoms with E-state index < -0.39 is 0 Å². The molecule has 0 spiro atoms. The number of carbonyl (C=O) groups excluding carboxylic acids is 1. The summed E-state index contributed by atoms with van der Waals surface area (Å²) in [6, 6.07) is 0. The standard InChI is InChI=1S/C9H15NO/c1-6(2)7-5-10-8(11)9(7,3)4/h7H,1,5H2,2-4H3,(H,10,11). The minimum absolute atomic E-state index is 0.144. The first-order valence-corrected chi connectivity index (χ1v) is 3.90. The quantitative estimate of drug-likeness (QED) is 0.566. The molecule has 1 unspecified atom stereocenters. The Morgan fingerprint density at radius 2 is 2.27 bits per heavy atom. The average Bonchev–Trinajstić information content (AvgIpc) is 2.08. The highest BCUT2D eigenvalue weighted by molar-refractivity contribution is 5.85. The third kappa shape index (κ3) is 1.17. The molecule has 1 amide bonds. The van der Waals surface area contributed by atoms with Crippen molar-refractivity contribution in [2.45, 2.75) is 20.8 Å². The highest BCUT2D eigenvalue weighted by Crippen LogP contribution is 2.35. The van der Waals surface area contributed by atoms with E-state index in [-0.39, 0.29) is 11.3 Å². The van der Waals surface area contributed by atoms with Crippen molar-refractivity contribution in [3.05, 3.63) is 12.2 Å². The van der Waals surface area contributed by atoms with E-state index in [9.17, 15) is 4.79 Å². The Kier molecular flexibility index (Phi) is 1.78. The molecule has 0 saturated carbocycles. The van der Waals surface area contributed by atoms with Crippen LogP contribution in [0, 0.1) is 11.3 Å². The Bertz CT molecular complexity index is 206. The van der Waals surface area contributed by atoms with Crippen LogP contribution in [0.25, 0.3) is 0 Å². The normalized spacial score (nSPS) is 28.3. The van der Waals surface area contributed by atoms with Crippen LogP contribution in [0.1, 0.15) is 20.8 Å². The lowest BCUT2D eigenvalue weighted by molar-refractivity contribution is -0.126. The van der Waals surface area contributed by atoms with Crippen molar-refractivity contribution in [3.8, 4) is 0 Å². The van der Waals surface area contributed by atoms with Gasteiger partial charge >= 0.3 is 0 Å². The summed E-state index contributed by atoms with van der Waals surface area (Å²) in [6.07, 6.45) is 0.